The maximum atomic E-state index is 12.5. The molecule has 3 heterocycles. The van der Waals surface area contributed by atoms with Crippen LogP contribution in [0, 0.1) is 5.41 Å². The van der Waals surface area contributed by atoms with Crippen LogP contribution >= 0.6 is 0 Å². The van der Waals surface area contributed by atoms with Gasteiger partial charge in [-0.2, -0.15) is 5.10 Å². The van der Waals surface area contributed by atoms with E-state index >= 15 is 0 Å². The van der Waals surface area contributed by atoms with Gasteiger partial charge in [0, 0.05) is 31.2 Å². The first-order chi connectivity index (χ1) is 12.1. The Balaban J connectivity index is 1.48. The van der Waals surface area contributed by atoms with Gasteiger partial charge in [-0.15, -0.1) is 0 Å². The fourth-order valence-corrected chi connectivity index (χ4v) is 3.80. The molecule has 3 rings (SSSR count). The average Bonchev–Trinajstić information content (AvgIpc) is 3.08. The Bertz CT molecular complexity index is 570. The first-order valence-corrected chi connectivity index (χ1v) is 9.50. The van der Waals surface area contributed by atoms with E-state index in [2.05, 4.69) is 15.3 Å². The summed E-state index contributed by atoms with van der Waals surface area (Å²) in [6.07, 6.45) is 9.44. The first kappa shape index (κ1) is 18.2. The molecule has 2 N–H and O–H groups in total. The summed E-state index contributed by atoms with van der Waals surface area (Å²) in [6.45, 7) is 7.71. The van der Waals surface area contributed by atoms with Gasteiger partial charge in [0.05, 0.1) is 25.0 Å². The van der Waals surface area contributed by atoms with Crippen LogP contribution in [0.5, 0.6) is 0 Å². The van der Waals surface area contributed by atoms with Crippen molar-refractivity contribution in [3.8, 4) is 0 Å². The van der Waals surface area contributed by atoms with Gasteiger partial charge in [-0.05, 0) is 38.8 Å². The number of anilines is 1. The van der Waals surface area contributed by atoms with E-state index < -0.39 is 0 Å². The molecule has 7 heteroatoms. The number of aliphatic hydroxyl groups is 1. The highest BCUT2D eigenvalue weighted by molar-refractivity contribution is 5.89. The Morgan fingerprint density at radius 1 is 1.24 bits per heavy atom. The van der Waals surface area contributed by atoms with Gasteiger partial charge in [0.1, 0.15) is 0 Å². The van der Waals surface area contributed by atoms with E-state index in [4.69, 9.17) is 0 Å². The molecule has 140 valence electrons. The van der Waals surface area contributed by atoms with E-state index in [-0.39, 0.29) is 18.1 Å². The SMILES string of the molecule is CC1(CO)CCCN(C(=O)Nc2cnn(CCN3CCCCC3)c2)C1. The van der Waals surface area contributed by atoms with Gasteiger partial charge in [0.2, 0.25) is 0 Å². The number of aliphatic hydroxyl groups excluding tert-OH is 1. The highest BCUT2D eigenvalue weighted by Gasteiger charge is 2.32. The first-order valence-electron chi connectivity index (χ1n) is 9.50. The number of hydrogen-bond donors (Lipinski definition) is 2. The molecule has 7 nitrogen and oxygen atoms in total. The van der Waals surface area contributed by atoms with Gasteiger partial charge in [0.25, 0.3) is 0 Å². The van der Waals surface area contributed by atoms with Crippen LogP contribution < -0.4 is 5.32 Å². The molecule has 0 aliphatic carbocycles. The van der Waals surface area contributed by atoms with Crippen molar-refractivity contribution in [3.05, 3.63) is 12.4 Å². The van der Waals surface area contributed by atoms with Gasteiger partial charge in [-0.3, -0.25) is 4.68 Å². The monoisotopic (exact) mass is 349 g/mol. The summed E-state index contributed by atoms with van der Waals surface area (Å²) in [7, 11) is 0. The van der Waals surface area contributed by atoms with E-state index in [0.29, 0.717) is 6.54 Å². The minimum absolute atomic E-state index is 0.102. The summed E-state index contributed by atoms with van der Waals surface area (Å²) < 4.78 is 1.90. The zero-order valence-electron chi connectivity index (χ0n) is 15.3. The zero-order chi connectivity index (χ0) is 17.7. The number of nitrogens with zero attached hydrogens (tertiary/aromatic N) is 4. The normalized spacial score (nSPS) is 25.1. The molecule has 1 aromatic rings. The molecule has 0 aromatic carbocycles. The third-order valence-corrected chi connectivity index (χ3v) is 5.43. The molecular formula is C18H31N5O2. The third kappa shape index (κ3) is 4.95. The summed E-state index contributed by atoms with van der Waals surface area (Å²) >= 11 is 0. The van der Waals surface area contributed by atoms with Crippen molar-refractivity contribution >= 4 is 11.7 Å². The highest BCUT2D eigenvalue weighted by atomic mass is 16.3. The molecule has 2 aliphatic rings. The largest absolute Gasteiger partial charge is 0.396 e. The lowest BCUT2D eigenvalue weighted by Crippen LogP contribution is -2.47. The van der Waals surface area contributed by atoms with Crippen molar-refractivity contribution in [1.29, 1.82) is 0 Å². The smallest absolute Gasteiger partial charge is 0.321 e. The Labute approximate surface area is 150 Å². The zero-order valence-corrected chi connectivity index (χ0v) is 15.3. The van der Waals surface area contributed by atoms with Gasteiger partial charge in [-0.25, -0.2) is 4.79 Å². The molecule has 0 radical (unpaired) electrons. The van der Waals surface area contributed by atoms with E-state index in [0.717, 1.165) is 38.2 Å². The lowest BCUT2D eigenvalue weighted by atomic mass is 9.83. The highest BCUT2D eigenvalue weighted by Crippen LogP contribution is 2.29. The molecule has 2 fully saturated rings. The minimum atomic E-state index is -0.186. The van der Waals surface area contributed by atoms with Crippen LogP contribution in [0.15, 0.2) is 12.4 Å². The summed E-state index contributed by atoms with van der Waals surface area (Å²) in [5, 5.41) is 16.8. The molecule has 1 atom stereocenters. The Morgan fingerprint density at radius 3 is 2.80 bits per heavy atom. The molecule has 1 aromatic heterocycles. The van der Waals surface area contributed by atoms with Crippen LogP contribution in [0.1, 0.15) is 39.0 Å². The Hall–Kier alpha value is -1.60. The van der Waals surface area contributed by atoms with Crippen LogP contribution in [-0.4, -0.2) is 70.0 Å². The maximum Gasteiger partial charge on any atom is 0.321 e. The number of hydrogen-bond acceptors (Lipinski definition) is 4. The number of urea groups is 1. The molecule has 0 saturated carbocycles. The number of nitrogens with one attached hydrogen (secondary N) is 1. The van der Waals surface area contributed by atoms with E-state index in [1.54, 1.807) is 11.1 Å². The van der Waals surface area contributed by atoms with Crippen molar-refractivity contribution in [3.63, 3.8) is 0 Å². The summed E-state index contributed by atoms with van der Waals surface area (Å²) in [6, 6.07) is -0.102. The van der Waals surface area contributed by atoms with Gasteiger partial charge in [0.15, 0.2) is 0 Å². The number of carbonyl (C=O) groups is 1. The quantitative estimate of drug-likeness (QED) is 0.853. The molecule has 0 spiro atoms. The summed E-state index contributed by atoms with van der Waals surface area (Å²) in [5.74, 6) is 0. The van der Waals surface area contributed by atoms with Gasteiger partial charge < -0.3 is 20.2 Å². The second-order valence-corrected chi connectivity index (χ2v) is 7.82. The average molecular weight is 349 g/mol. The molecule has 2 amide bonds. The number of amides is 2. The lowest BCUT2D eigenvalue weighted by Gasteiger charge is -2.39. The number of piperidine rings is 2. The van der Waals surface area contributed by atoms with Crippen LogP contribution in [0.4, 0.5) is 10.5 Å². The van der Waals surface area contributed by atoms with Crippen molar-refractivity contribution in [2.24, 2.45) is 5.41 Å². The van der Waals surface area contributed by atoms with Crippen molar-refractivity contribution in [2.75, 3.05) is 44.6 Å². The number of aromatic nitrogens is 2. The predicted molar refractivity (Wildman–Crippen MR) is 97.5 cm³/mol. The maximum absolute atomic E-state index is 12.5. The minimum Gasteiger partial charge on any atom is -0.396 e. The summed E-state index contributed by atoms with van der Waals surface area (Å²) in [5.41, 5.74) is 0.550. The second-order valence-electron chi connectivity index (χ2n) is 7.82. The topological polar surface area (TPSA) is 73.6 Å². The van der Waals surface area contributed by atoms with Crippen molar-refractivity contribution in [2.45, 2.75) is 45.6 Å². The third-order valence-electron chi connectivity index (χ3n) is 5.43. The summed E-state index contributed by atoms with van der Waals surface area (Å²) in [4.78, 5) is 16.7. The number of likely N-dealkylation sites (tertiary alicyclic amines) is 2. The predicted octanol–water partition coefficient (Wildman–Crippen LogP) is 2.00. The molecule has 2 aliphatic heterocycles. The molecule has 2 saturated heterocycles. The van der Waals surface area contributed by atoms with Crippen LogP contribution in [-0.2, 0) is 6.54 Å². The van der Waals surface area contributed by atoms with Crippen molar-refractivity contribution in [1.82, 2.24) is 19.6 Å². The van der Waals surface area contributed by atoms with E-state index in [9.17, 15) is 9.90 Å². The molecular weight excluding hydrogens is 318 g/mol. The number of carbonyl (C=O) groups excluding carboxylic acids is 1. The Morgan fingerprint density at radius 2 is 2.04 bits per heavy atom. The molecule has 0 bridgehead atoms. The fourth-order valence-electron chi connectivity index (χ4n) is 3.80. The second kappa shape index (κ2) is 8.19. The lowest BCUT2D eigenvalue weighted by molar-refractivity contribution is 0.0648. The number of rotatable bonds is 5. The standard InChI is InChI=1S/C18H31N5O2/c1-18(15-24)6-5-9-22(14-18)17(25)20-16-12-19-23(13-16)11-10-21-7-3-2-4-8-21/h12-13,24H,2-11,14-15H2,1H3,(H,20,25). The van der Waals surface area contributed by atoms with Crippen LogP contribution in [0.3, 0.4) is 0 Å². The molecule has 25 heavy (non-hydrogen) atoms. The van der Waals surface area contributed by atoms with E-state index in [1.807, 2.05) is 17.8 Å². The van der Waals surface area contributed by atoms with Gasteiger partial charge in [-0.1, -0.05) is 13.3 Å². The fraction of sp³-hybridized carbons (Fsp3) is 0.778. The Kier molecular flexibility index (Phi) is 5.96. The van der Waals surface area contributed by atoms with Crippen LogP contribution in [0.25, 0.3) is 0 Å². The van der Waals surface area contributed by atoms with Crippen LogP contribution in [0.2, 0.25) is 0 Å². The van der Waals surface area contributed by atoms with Crippen molar-refractivity contribution < 1.29 is 9.90 Å². The van der Waals surface area contributed by atoms with Gasteiger partial charge >= 0.3 is 6.03 Å². The molecule has 1 unspecified atom stereocenters. The van der Waals surface area contributed by atoms with E-state index in [1.165, 1.54) is 32.4 Å².